The summed E-state index contributed by atoms with van der Waals surface area (Å²) in [6.45, 7) is 2.76. The van der Waals surface area contributed by atoms with E-state index >= 15 is 0 Å². The Bertz CT molecular complexity index is 970. The van der Waals surface area contributed by atoms with E-state index in [0.717, 1.165) is 24.1 Å². The topological polar surface area (TPSA) is 68.2 Å². The lowest BCUT2D eigenvalue weighted by atomic mass is 10.2. The summed E-state index contributed by atoms with van der Waals surface area (Å²) in [5, 5.41) is 10.8. The number of thiophene rings is 1. The zero-order chi connectivity index (χ0) is 22.8. The van der Waals surface area contributed by atoms with Gasteiger partial charge in [-0.3, -0.25) is 4.68 Å². The fraction of sp³-hybridized carbons (Fsp3) is 0.526. The summed E-state index contributed by atoms with van der Waals surface area (Å²) in [5.41, 5.74) is 0.157. The highest BCUT2D eigenvalue weighted by Crippen LogP contribution is 2.47. The van der Waals surface area contributed by atoms with Crippen LogP contribution in [0.5, 0.6) is 0 Å². The Kier molecular flexibility index (Phi) is 7.63. The maximum Gasteiger partial charge on any atom is 0.436 e. The average molecular weight is 539 g/mol. The number of hydrogen-bond acceptors (Lipinski definition) is 5. The predicted molar refractivity (Wildman–Crippen MR) is 121 cm³/mol. The Hall–Kier alpha value is -1.66. The molecule has 0 amide bonds. The van der Waals surface area contributed by atoms with Gasteiger partial charge in [-0.15, -0.1) is 11.3 Å². The van der Waals surface area contributed by atoms with Gasteiger partial charge in [0.25, 0.3) is 0 Å². The van der Waals surface area contributed by atoms with Crippen LogP contribution in [-0.4, -0.2) is 34.5 Å². The molecule has 1 saturated carbocycles. The Morgan fingerprint density at radius 1 is 1.45 bits per heavy atom. The van der Waals surface area contributed by atoms with Crippen molar-refractivity contribution in [2.45, 2.75) is 51.2 Å². The van der Waals surface area contributed by atoms with Gasteiger partial charge in [-0.05, 0) is 59.9 Å². The molecule has 2 aromatic heterocycles. The second-order valence-corrected chi connectivity index (χ2v) is 9.42. The molecular formula is C19H22BrF3N4O2S2. The number of carbonyl (C=O) groups is 1. The quantitative estimate of drug-likeness (QED) is 0.269. The van der Waals surface area contributed by atoms with Crippen LogP contribution in [0.1, 0.15) is 58.7 Å². The molecule has 3 rings (SSSR count). The number of carbonyl (C=O) groups excluding carboxylic acids is 1. The summed E-state index contributed by atoms with van der Waals surface area (Å²) >= 11 is 9.81. The third-order valence-corrected chi connectivity index (χ3v) is 6.98. The van der Waals surface area contributed by atoms with Crippen LogP contribution in [0.25, 0.3) is 0 Å². The van der Waals surface area contributed by atoms with Crippen LogP contribution < -0.4 is 10.6 Å². The summed E-state index contributed by atoms with van der Waals surface area (Å²) < 4.78 is 45.9. The summed E-state index contributed by atoms with van der Waals surface area (Å²) in [6, 6.07) is 1.77. The standard InChI is InChI=1S/C19H22BrF3N4O2S2/c1-3-11-9-12(17(28)29-2)16(31-11)25-18(30)24-7-4-8-27-14(10-5-6-10)13(20)15(26-27)19(21,22)23/h9-10H,3-8H2,1-2H3,(H2,24,25,30). The largest absolute Gasteiger partial charge is 0.465 e. The van der Waals surface area contributed by atoms with Gasteiger partial charge in [-0.25, -0.2) is 4.79 Å². The van der Waals surface area contributed by atoms with Crippen LogP contribution in [0.4, 0.5) is 18.2 Å². The first kappa shape index (κ1) is 24.0. The van der Waals surface area contributed by atoms with Crippen molar-refractivity contribution < 1.29 is 22.7 Å². The third kappa shape index (κ3) is 5.78. The molecule has 12 heteroatoms. The summed E-state index contributed by atoms with van der Waals surface area (Å²) in [6.07, 6.45) is -1.44. The van der Waals surface area contributed by atoms with Gasteiger partial charge in [0, 0.05) is 23.9 Å². The van der Waals surface area contributed by atoms with Crippen molar-refractivity contribution in [2.24, 2.45) is 0 Å². The number of thiocarbonyl (C=S) groups is 1. The van der Waals surface area contributed by atoms with Crippen molar-refractivity contribution in [3.05, 3.63) is 32.4 Å². The van der Waals surface area contributed by atoms with E-state index in [9.17, 15) is 18.0 Å². The zero-order valence-electron chi connectivity index (χ0n) is 16.9. The van der Waals surface area contributed by atoms with E-state index in [1.54, 1.807) is 6.07 Å². The Morgan fingerprint density at radius 3 is 2.74 bits per heavy atom. The molecule has 1 fully saturated rings. The highest BCUT2D eigenvalue weighted by Gasteiger charge is 2.41. The van der Waals surface area contributed by atoms with Crippen LogP contribution >= 0.6 is 39.5 Å². The number of aryl methyl sites for hydroxylation is 2. The van der Waals surface area contributed by atoms with Gasteiger partial charge < -0.3 is 15.4 Å². The molecule has 0 spiro atoms. The first-order valence-electron chi connectivity index (χ1n) is 9.74. The van der Waals surface area contributed by atoms with Crippen LogP contribution in [-0.2, 0) is 23.9 Å². The second kappa shape index (κ2) is 9.86. The number of alkyl halides is 3. The number of anilines is 1. The lowest BCUT2D eigenvalue weighted by Gasteiger charge is -2.11. The minimum absolute atomic E-state index is 0.0485. The molecular weight excluding hydrogens is 517 g/mol. The second-order valence-electron chi connectivity index (χ2n) is 7.08. The molecule has 1 aliphatic carbocycles. The Labute approximate surface area is 195 Å². The maximum absolute atomic E-state index is 13.2. The number of ether oxygens (including phenoxy) is 1. The third-order valence-electron chi connectivity index (χ3n) is 4.76. The van der Waals surface area contributed by atoms with Gasteiger partial charge >= 0.3 is 12.1 Å². The first-order chi connectivity index (χ1) is 14.7. The van der Waals surface area contributed by atoms with E-state index in [4.69, 9.17) is 17.0 Å². The average Bonchev–Trinajstić information content (AvgIpc) is 3.37. The van der Waals surface area contributed by atoms with Crippen molar-refractivity contribution in [3.63, 3.8) is 0 Å². The van der Waals surface area contributed by atoms with E-state index in [-0.39, 0.29) is 10.4 Å². The number of hydrogen-bond donors (Lipinski definition) is 2. The van der Waals surface area contributed by atoms with Crippen LogP contribution in [0.3, 0.4) is 0 Å². The smallest absolute Gasteiger partial charge is 0.436 e. The summed E-state index contributed by atoms with van der Waals surface area (Å²) in [4.78, 5) is 13.0. The van der Waals surface area contributed by atoms with Gasteiger partial charge in [-0.1, -0.05) is 6.92 Å². The molecule has 6 nitrogen and oxygen atoms in total. The van der Waals surface area contributed by atoms with E-state index in [1.807, 2.05) is 6.92 Å². The van der Waals surface area contributed by atoms with Crippen molar-refractivity contribution in [1.82, 2.24) is 15.1 Å². The number of rotatable bonds is 8. The van der Waals surface area contributed by atoms with Gasteiger partial charge in [0.15, 0.2) is 10.8 Å². The predicted octanol–water partition coefficient (Wildman–Crippen LogP) is 5.33. The first-order valence-corrected chi connectivity index (χ1v) is 11.8. The molecule has 0 saturated heterocycles. The Balaban J connectivity index is 1.57. The molecule has 2 aromatic rings. The van der Waals surface area contributed by atoms with Crippen molar-refractivity contribution in [1.29, 1.82) is 0 Å². The monoisotopic (exact) mass is 538 g/mol. The number of nitrogens with one attached hydrogen (secondary N) is 2. The van der Waals surface area contributed by atoms with Gasteiger partial charge in [0.2, 0.25) is 0 Å². The number of nitrogens with zero attached hydrogens (tertiary/aromatic N) is 2. The minimum Gasteiger partial charge on any atom is -0.465 e. The normalized spacial score (nSPS) is 13.9. The number of halogens is 4. The fourth-order valence-electron chi connectivity index (χ4n) is 3.10. The Morgan fingerprint density at radius 2 is 2.16 bits per heavy atom. The fourth-order valence-corrected chi connectivity index (χ4v) is 5.19. The van der Waals surface area contributed by atoms with Crippen molar-refractivity contribution >= 4 is 55.6 Å². The van der Waals surface area contributed by atoms with E-state index < -0.39 is 17.8 Å². The van der Waals surface area contributed by atoms with Crippen molar-refractivity contribution in [2.75, 3.05) is 19.0 Å². The molecule has 2 heterocycles. The molecule has 0 aromatic carbocycles. The number of aromatic nitrogens is 2. The highest BCUT2D eigenvalue weighted by atomic mass is 79.9. The number of esters is 1. The molecule has 0 aliphatic heterocycles. The zero-order valence-corrected chi connectivity index (χ0v) is 20.2. The molecule has 2 N–H and O–H groups in total. The molecule has 31 heavy (non-hydrogen) atoms. The molecule has 170 valence electrons. The maximum atomic E-state index is 13.2. The molecule has 0 unspecified atom stereocenters. The summed E-state index contributed by atoms with van der Waals surface area (Å²) in [5.74, 6) is -0.324. The summed E-state index contributed by atoms with van der Waals surface area (Å²) in [7, 11) is 1.32. The SMILES string of the molecule is CCc1cc(C(=O)OC)c(NC(=S)NCCCn2nc(C(F)(F)F)c(Br)c2C2CC2)s1. The van der Waals surface area contributed by atoms with E-state index in [2.05, 4.69) is 31.7 Å². The minimum atomic E-state index is -4.49. The molecule has 1 aliphatic rings. The van der Waals surface area contributed by atoms with E-state index in [0.29, 0.717) is 40.9 Å². The van der Waals surface area contributed by atoms with Crippen LogP contribution in [0.2, 0.25) is 0 Å². The van der Waals surface area contributed by atoms with Gasteiger partial charge in [-0.2, -0.15) is 18.3 Å². The van der Waals surface area contributed by atoms with Crippen LogP contribution in [0.15, 0.2) is 10.5 Å². The van der Waals surface area contributed by atoms with E-state index in [1.165, 1.54) is 23.1 Å². The lowest BCUT2D eigenvalue weighted by Crippen LogP contribution is -2.30. The van der Waals surface area contributed by atoms with Gasteiger partial charge in [0.1, 0.15) is 5.00 Å². The van der Waals surface area contributed by atoms with Crippen molar-refractivity contribution in [3.8, 4) is 0 Å². The van der Waals surface area contributed by atoms with Crippen LogP contribution in [0, 0.1) is 0 Å². The molecule has 0 bridgehead atoms. The molecule has 0 radical (unpaired) electrons. The highest BCUT2D eigenvalue weighted by molar-refractivity contribution is 9.10. The van der Waals surface area contributed by atoms with Gasteiger partial charge in [0.05, 0.1) is 22.8 Å². The molecule has 0 atom stereocenters. The lowest BCUT2D eigenvalue weighted by molar-refractivity contribution is -0.142. The number of methoxy groups -OCH3 is 1.